The van der Waals surface area contributed by atoms with Gasteiger partial charge in [-0.15, -0.1) is 0 Å². The number of hydrogen-bond acceptors (Lipinski definition) is 4. The molecule has 0 spiro atoms. The summed E-state index contributed by atoms with van der Waals surface area (Å²) in [5, 5.41) is 10.9. The summed E-state index contributed by atoms with van der Waals surface area (Å²) in [6.45, 7) is 1.37. The van der Waals surface area contributed by atoms with Gasteiger partial charge in [0.05, 0.1) is 9.40 Å². The van der Waals surface area contributed by atoms with Crippen molar-refractivity contribution in [3.8, 4) is 0 Å². The molecule has 1 aromatic carbocycles. The van der Waals surface area contributed by atoms with Crippen LogP contribution in [-0.4, -0.2) is 53.9 Å². The first-order valence-corrected chi connectivity index (χ1v) is 7.59. The van der Waals surface area contributed by atoms with Crippen LogP contribution in [0, 0.1) is 10.1 Å². The SMILES string of the molecule is CN(C)C1CCN(C(=O)c2ccc(Br)c([N+](=O)[O-])c2)CC1. The lowest BCUT2D eigenvalue weighted by molar-refractivity contribution is -0.385. The summed E-state index contributed by atoms with van der Waals surface area (Å²) < 4.78 is 0.385. The maximum Gasteiger partial charge on any atom is 0.284 e. The number of halogens is 1. The minimum Gasteiger partial charge on any atom is -0.339 e. The van der Waals surface area contributed by atoms with Crippen LogP contribution in [0.4, 0.5) is 5.69 Å². The van der Waals surface area contributed by atoms with Crippen molar-refractivity contribution in [2.24, 2.45) is 0 Å². The Labute approximate surface area is 132 Å². The summed E-state index contributed by atoms with van der Waals surface area (Å²) >= 11 is 3.13. The second kappa shape index (κ2) is 6.53. The lowest BCUT2D eigenvalue weighted by Crippen LogP contribution is -2.44. The third-order valence-electron chi connectivity index (χ3n) is 3.87. The van der Waals surface area contributed by atoms with Gasteiger partial charge in [-0.05, 0) is 55.0 Å². The summed E-state index contributed by atoms with van der Waals surface area (Å²) in [6, 6.07) is 5.01. The fourth-order valence-electron chi connectivity index (χ4n) is 2.55. The van der Waals surface area contributed by atoms with Crippen molar-refractivity contribution in [3.63, 3.8) is 0 Å². The number of nitro benzene ring substituents is 1. The molecule has 2 rings (SSSR count). The van der Waals surface area contributed by atoms with Crippen molar-refractivity contribution in [2.75, 3.05) is 27.2 Å². The number of carbonyl (C=O) groups is 1. The van der Waals surface area contributed by atoms with E-state index >= 15 is 0 Å². The van der Waals surface area contributed by atoms with Gasteiger partial charge in [-0.2, -0.15) is 0 Å². The largest absolute Gasteiger partial charge is 0.339 e. The molecule has 0 aliphatic carbocycles. The molecule has 0 aromatic heterocycles. The van der Waals surface area contributed by atoms with Crippen molar-refractivity contribution in [1.29, 1.82) is 0 Å². The number of piperidine rings is 1. The Bertz CT molecular complexity index is 554. The first-order valence-electron chi connectivity index (χ1n) is 6.80. The van der Waals surface area contributed by atoms with Crippen LogP contribution in [-0.2, 0) is 0 Å². The molecule has 0 radical (unpaired) electrons. The molecule has 1 saturated heterocycles. The van der Waals surface area contributed by atoms with E-state index in [1.807, 2.05) is 14.1 Å². The maximum atomic E-state index is 12.4. The van der Waals surface area contributed by atoms with Crippen molar-refractivity contribution in [2.45, 2.75) is 18.9 Å². The summed E-state index contributed by atoms with van der Waals surface area (Å²) in [7, 11) is 4.08. The van der Waals surface area contributed by atoms with Crippen LogP contribution in [0.2, 0.25) is 0 Å². The molecule has 0 atom stereocenters. The molecule has 114 valence electrons. The Balaban J connectivity index is 2.11. The van der Waals surface area contributed by atoms with E-state index in [9.17, 15) is 14.9 Å². The van der Waals surface area contributed by atoms with Gasteiger partial charge in [0.2, 0.25) is 0 Å². The van der Waals surface area contributed by atoms with E-state index < -0.39 is 4.92 Å². The molecule has 1 aliphatic rings. The normalized spacial score (nSPS) is 16.3. The van der Waals surface area contributed by atoms with Gasteiger partial charge in [-0.25, -0.2) is 0 Å². The molecule has 0 N–H and O–H groups in total. The molecular formula is C14H18BrN3O3. The summed E-state index contributed by atoms with van der Waals surface area (Å²) in [5.74, 6) is -0.136. The third-order valence-corrected chi connectivity index (χ3v) is 4.54. The third kappa shape index (κ3) is 3.59. The number of carbonyl (C=O) groups excluding carboxylic acids is 1. The van der Waals surface area contributed by atoms with Gasteiger partial charge in [-0.1, -0.05) is 0 Å². The Morgan fingerprint density at radius 2 is 2.00 bits per heavy atom. The zero-order chi connectivity index (χ0) is 15.6. The molecule has 0 saturated carbocycles. The quantitative estimate of drug-likeness (QED) is 0.617. The molecule has 1 heterocycles. The standard InChI is InChI=1S/C14H18BrN3O3/c1-16(2)11-5-7-17(8-6-11)14(19)10-3-4-12(15)13(9-10)18(20)21/h3-4,9,11H,5-8H2,1-2H3. The number of rotatable bonds is 3. The number of nitrogens with zero attached hydrogens (tertiary/aromatic N) is 3. The van der Waals surface area contributed by atoms with Gasteiger partial charge in [0.25, 0.3) is 11.6 Å². The maximum absolute atomic E-state index is 12.4. The van der Waals surface area contributed by atoms with Crippen molar-refractivity contribution >= 4 is 27.5 Å². The monoisotopic (exact) mass is 355 g/mol. The predicted octanol–water partition coefficient (Wildman–Crippen LogP) is 2.52. The molecule has 7 heteroatoms. The van der Waals surface area contributed by atoms with E-state index in [1.165, 1.54) is 6.07 Å². The second-order valence-corrected chi connectivity index (χ2v) is 6.26. The first-order chi connectivity index (χ1) is 9.90. The van der Waals surface area contributed by atoms with E-state index in [1.54, 1.807) is 17.0 Å². The highest BCUT2D eigenvalue weighted by Gasteiger charge is 2.26. The lowest BCUT2D eigenvalue weighted by atomic mass is 10.0. The number of benzene rings is 1. The lowest BCUT2D eigenvalue weighted by Gasteiger charge is -2.35. The van der Waals surface area contributed by atoms with Gasteiger partial charge in [0.15, 0.2) is 0 Å². The second-order valence-electron chi connectivity index (χ2n) is 5.41. The number of amides is 1. The van der Waals surface area contributed by atoms with E-state index in [2.05, 4.69) is 20.8 Å². The zero-order valence-electron chi connectivity index (χ0n) is 12.1. The molecule has 0 bridgehead atoms. The highest BCUT2D eigenvalue weighted by molar-refractivity contribution is 9.10. The van der Waals surface area contributed by atoms with Gasteiger partial charge in [0, 0.05) is 30.8 Å². The van der Waals surface area contributed by atoms with E-state index in [0.717, 1.165) is 12.8 Å². The topological polar surface area (TPSA) is 66.7 Å². The molecule has 6 nitrogen and oxygen atoms in total. The average molecular weight is 356 g/mol. The number of nitro groups is 1. The molecule has 1 aliphatic heterocycles. The minimum atomic E-state index is -0.487. The van der Waals surface area contributed by atoms with Crippen molar-refractivity contribution < 1.29 is 9.72 Å². The van der Waals surface area contributed by atoms with Gasteiger partial charge in [0.1, 0.15) is 0 Å². The highest BCUT2D eigenvalue weighted by atomic mass is 79.9. The van der Waals surface area contributed by atoms with Gasteiger partial charge >= 0.3 is 0 Å². The van der Waals surface area contributed by atoms with E-state index in [0.29, 0.717) is 29.2 Å². The fourth-order valence-corrected chi connectivity index (χ4v) is 2.94. The summed E-state index contributed by atoms with van der Waals surface area (Å²) in [5.41, 5.74) is 0.289. The van der Waals surface area contributed by atoms with Crippen molar-refractivity contribution in [1.82, 2.24) is 9.80 Å². The zero-order valence-corrected chi connectivity index (χ0v) is 13.7. The Morgan fingerprint density at radius 3 is 2.52 bits per heavy atom. The smallest absolute Gasteiger partial charge is 0.284 e. The first kappa shape index (κ1) is 15.9. The number of likely N-dealkylation sites (tertiary alicyclic amines) is 1. The van der Waals surface area contributed by atoms with Crippen LogP contribution in [0.5, 0.6) is 0 Å². The van der Waals surface area contributed by atoms with E-state index in [-0.39, 0.29) is 11.6 Å². The number of hydrogen-bond donors (Lipinski definition) is 0. The molecule has 1 aromatic rings. The Hall–Kier alpha value is -1.47. The molecular weight excluding hydrogens is 338 g/mol. The van der Waals surface area contributed by atoms with E-state index in [4.69, 9.17) is 0 Å². The summed E-state index contributed by atoms with van der Waals surface area (Å²) in [6.07, 6.45) is 1.86. The molecule has 0 unspecified atom stereocenters. The van der Waals surface area contributed by atoms with Gasteiger partial charge in [-0.3, -0.25) is 14.9 Å². The van der Waals surface area contributed by atoms with Crippen LogP contribution < -0.4 is 0 Å². The van der Waals surface area contributed by atoms with Crippen LogP contribution >= 0.6 is 15.9 Å². The predicted molar refractivity (Wildman–Crippen MR) is 83.4 cm³/mol. The Kier molecular flexibility index (Phi) is 4.95. The molecule has 1 fully saturated rings. The highest BCUT2D eigenvalue weighted by Crippen LogP contribution is 2.26. The minimum absolute atomic E-state index is 0.0796. The summed E-state index contributed by atoms with van der Waals surface area (Å²) in [4.78, 5) is 26.8. The van der Waals surface area contributed by atoms with Crippen LogP contribution in [0.15, 0.2) is 22.7 Å². The van der Waals surface area contributed by atoms with Crippen molar-refractivity contribution in [3.05, 3.63) is 38.3 Å². The van der Waals surface area contributed by atoms with Crippen LogP contribution in [0.1, 0.15) is 23.2 Å². The van der Waals surface area contributed by atoms with Crippen LogP contribution in [0.3, 0.4) is 0 Å². The molecule has 1 amide bonds. The van der Waals surface area contributed by atoms with Crippen LogP contribution in [0.25, 0.3) is 0 Å². The molecule has 21 heavy (non-hydrogen) atoms. The Morgan fingerprint density at radius 1 is 1.38 bits per heavy atom. The fraction of sp³-hybridized carbons (Fsp3) is 0.500. The average Bonchev–Trinajstić information content (AvgIpc) is 2.46. The van der Waals surface area contributed by atoms with Gasteiger partial charge < -0.3 is 9.80 Å².